The Bertz CT molecular complexity index is 394. The van der Waals surface area contributed by atoms with Crippen molar-refractivity contribution in [2.24, 2.45) is 5.92 Å². The smallest absolute Gasteiger partial charge is 0.192 e. The van der Waals surface area contributed by atoms with Crippen molar-refractivity contribution in [2.75, 3.05) is 0 Å². The van der Waals surface area contributed by atoms with E-state index in [0.717, 1.165) is 32.1 Å². The maximum atomic E-state index is 10.1. The van der Waals surface area contributed by atoms with Gasteiger partial charge in [-0.3, -0.25) is 0 Å². The Kier molecular flexibility index (Phi) is 8.34. The summed E-state index contributed by atoms with van der Waals surface area (Å²) in [5.74, 6) is 6.67. The van der Waals surface area contributed by atoms with Crippen molar-refractivity contribution in [3.8, 4) is 11.8 Å². The van der Waals surface area contributed by atoms with Gasteiger partial charge >= 0.3 is 0 Å². The third kappa shape index (κ3) is 7.41. The normalized spacial score (nSPS) is 19.8. The Morgan fingerprint density at radius 2 is 1.78 bits per heavy atom. The van der Waals surface area contributed by atoms with Gasteiger partial charge in [0, 0.05) is 12.5 Å². The third-order valence-electron chi connectivity index (χ3n) is 5.56. The van der Waals surface area contributed by atoms with E-state index in [9.17, 15) is 5.11 Å². The maximum absolute atomic E-state index is 10.1. The Labute approximate surface area is 145 Å². The molecule has 0 aromatic heterocycles. The van der Waals surface area contributed by atoms with E-state index in [1.54, 1.807) is 0 Å². The lowest BCUT2D eigenvalue weighted by molar-refractivity contribution is 0.133. The molecule has 1 N–H and O–H groups in total. The molecule has 1 aliphatic rings. The van der Waals surface area contributed by atoms with E-state index in [1.165, 1.54) is 19.3 Å². The van der Waals surface area contributed by atoms with Crippen LogP contribution in [-0.2, 0) is 4.43 Å². The minimum atomic E-state index is -1.65. The molecule has 3 heteroatoms. The quantitative estimate of drug-likeness (QED) is 0.393. The monoisotopic (exact) mass is 338 g/mol. The Balaban J connectivity index is 2.25. The van der Waals surface area contributed by atoms with Gasteiger partial charge in [0.15, 0.2) is 8.32 Å². The summed E-state index contributed by atoms with van der Waals surface area (Å²) in [6.45, 7) is 13.6. The van der Waals surface area contributed by atoms with Crippen LogP contribution in [0.2, 0.25) is 18.1 Å². The second-order valence-electron chi connectivity index (χ2n) is 8.75. The maximum Gasteiger partial charge on any atom is 0.192 e. The lowest BCUT2D eigenvalue weighted by Gasteiger charge is -2.38. The first-order valence-corrected chi connectivity index (χ1v) is 12.4. The van der Waals surface area contributed by atoms with Crippen LogP contribution in [0.1, 0.15) is 79.1 Å². The summed E-state index contributed by atoms with van der Waals surface area (Å²) in [6, 6.07) is 0. The number of hydrogen-bond acceptors (Lipinski definition) is 2. The van der Waals surface area contributed by atoms with Crippen molar-refractivity contribution < 1.29 is 9.53 Å². The van der Waals surface area contributed by atoms with Gasteiger partial charge in [-0.2, -0.15) is 0 Å². The molecule has 2 nitrogen and oxygen atoms in total. The molecule has 0 saturated heterocycles. The van der Waals surface area contributed by atoms with Crippen molar-refractivity contribution in [2.45, 2.75) is 109 Å². The number of aliphatic hydroxyl groups is 1. The SMILES string of the molecule is C[C@@H](CCCC#C[C@H](O)C1CCCCC1)O[Si](C)(C)C(C)(C)C. The molecule has 0 aromatic carbocycles. The minimum absolute atomic E-state index is 0.269. The highest BCUT2D eigenvalue weighted by atomic mass is 28.4. The van der Waals surface area contributed by atoms with Gasteiger partial charge in [0.05, 0.1) is 0 Å². The Morgan fingerprint density at radius 3 is 2.35 bits per heavy atom. The highest BCUT2D eigenvalue weighted by Gasteiger charge is 2.38. The zero-order valence-electron chi connectivity index (χ0n) is 16.2. The summed E-state index contributed by atoms with van der Waals surface area (Å²) < 4.78 is 6.37. The molecule has 134 valence electrons. The van der Waals surface area contributed by atoms with Crippen LogP contribution in [0.25, 0.3) is 0 Å². The topological polar surface area (TPSA) is 29.5 Å². The fraction of sp³-hybridized carbons (Fsp3) is 0.900. The third-order valence-corrected chi connectivity index (χ3v) is 10.2. The molecule has 0 radical (unpaired) electrons. The predicted octanol–water partition coefficient (Wildman–Crippen LogP) is 5.51. The Morgan fingerprint density at radius 1 is 1.17 bits per heavy atom. The van der Waals surface area contributed by atoms with Gasteiger partial charge < -0.3 is 9.53 Å². The fourth-order valence-corrected chi connectivity index (χ4v) is 4.44. The number of unbranched alkanes of at least 4 members (excludes halogenated alkanes) is 1. The molecule has 0 aliphatic heterocycles. The summed E-state index contributed by atoms with van der Waals surface area (Å²) in [7, 11) is -1.65. The first kappa shape index (κ1) is 20.7. The molecule has 1 aliphatic carbocycles. The van der Waals surface area contributed by atoms with Crippen LogP contribution < -0.4 is 0 Å². The molecule has 0 bridgehead atoms. The Hall–Kier alpha value is -0.303. The average molecular weight is 339 g/mol. The first-order valence-electron chi connectivity index (χ1n) is 9.48. The van der Waals surface area contributed by atoms with E-state index >= 15 is 0 Å². The highest BCUT2D eigenvalue weighted by molar-refractivity contribution is 6.74. The second kappa shape index (κ2) is 9.25. The van der Waals surface area contributed by atoms with Crippen LogP contribution in [0.15, 0.2) is 0 Å². The molecule has 1 fully saturated rings. The second-order valence-corrected chi connectivity index (χ2v) is 13.5. The molecule has 2 atom stereocenters. The molecule has 0 amide bonds. The van der Waals surface area contributed by atoms with Gasteiger partial charge in [-0.25, -0.2) is 0 Å². The zero-order valence-corrected chi connectivity index (χ0v) is 17.2. The van der Waals surface area contributed by atoms with E-state index in [2.05, 4.69) is 52.6 Å². The molecule has 0 heterocycles. The summed E-state index contributed by atoms with van der Waals surface area (Å²) in [6.07, 6.45) is 9.01. The number of aliphatic hydroxyl groups excluding tert-OH is 1. The van der Waals surface area contributed by atoms with E-state index in [1.807, 2.05) is 0 Å². The molecule has 0 aromatic rings. The van der Waals surface area contributed by atoms with Crippen LogP contribution in [0.4, 0.5) is 0 Å². The number of hydrogen-bond donors (Lipinski definition) is 1. The summed E-state index contributed by atoms with van der Waals surface area (Å²) >= 11 is 0. The molecular formula is C20H38O2Si. The van der Waals surface area contributed by atoms with Crippen molar-refractivity contribution in [3.05, 3.63) is 0 Å². The molecule has 1 rings (SSSR count). The summed E-state index contributed by atoms with van der Waals surface area (Å²) in [5.41, 5.74) is 0. The van der Waals surface area contributed by atoms with Crippen LogP contribution in [0.5, 0.6) is 0 Å². The molecule has 1 saturated carbocycles. The van der Waals surface area contributed by atoms with Crippen LogP contribution in [0, 0.1) is 17.8 Å². The lowest BCUT2D eigenvalue weighted by Crippen LogP contribution is -2.43. The summed E-state index contributed by atoms with van der Waals surface area (Å²) in [4.78, 5) is 0. The molecule has 0 unspecified atom stereocenters. The van der Waals surface area contributed by atoms with Gasteiger partial charge in [-0.1, -0.05) is 46.0 Å². The lowest BCUT2D eigenvalue weighted by atomic mass is 9.85. The standard InChI is InChI=1S/C20H38O2Si/c1-17(22-23(5,6)20(2,3)4)13-9-7-12-16-19(21)18-14-10-8-11-15-18/h17-19,21H,7-11,13-15H2,1-6H3/t17-,19-/m0/s1. The van der Waals surface area contributed by atoms with Gasteiger partial charge in [0.2, 0.25) is 0 Å². The van der Waals surface area contributed by atoms with Gasteiger partial charge in [0.1, 0.15) is 6.10 Å². The first-order chi connectivity index (χ1) is 10.6. The van der Waals surface area contributed by atoms with Crippen LogP contribution >= 0.6 is 0 Å². The van der Waals surface area contributed by atoms with Gasteiger partial charge in [-0.05, 0) is 56.7 Å². The summed E-state index contributed by atoms with van der Waals surface area (Å²) in [5, 5.41) is 10.4. The van der Waals surface area contributed by atoms with E-state index in [4.69, 9.17) is 4.43 Å². The van der Waals surface area contributed by atoms with Crippen molar-refractivity contribution in [3.63, 3.8) is 0 Å². The molecule has 23 heavy (non-hydrogen) atoms. The molecular weight excluding hydrogens is 300 g/mol. The largest absolute Gasteiger partial charge is 0.414 e. The van der Waals surface area contributed by atoms with Crippen molar-refractivity contribution in [1.29, 1.82) is 0 Å². The van der Waals surface area contributed by atoms with Gasteiger partial charge in [-0.15, -0.1) is 5.92 Å². The predicted molar refractivity (Wildman–Crippen MR) is 102 cm³/mol. The average Bonchev–Trinajstić information content (AvgIpc) is 2.46. The van der Waals surface area contributed by atoms with Crippen molar-refractivity contribution in [1.82, 2.24) is 0 Å². The van der Waals surface area contributed by atoms with E-state index < -0.39 is 14.4 Å². The fourth-order valence-electron chi connectivity index (χ4n) is 2.96. The van der Waals surface area contributed by atoms with Crippen LogP contribution in [-0.4, -0.2) is 25.6 Å². The number of rotatable bonds is 6. The molecule has 0 spiro atoms. The van der Waals surface area contributed by atoms with E-state index in [0.29, 0.717) is 12.0 Å². The van der Waals surface area contributed by atoms with Crippen LogP contribution in [0.3, 0.4) is 0 Å². The minimum Gasteiger partial charge on any atom is -0.414 e. The zero-order chi connectivity index (χ0) is 17.5. The van der Waals surface area contributed by atoms with Gasteiger partial charge in [0.25, 0.3) is 0 Å². The highest BCUT2D eigenvalue weighted by Crippen LogP contribution is 2.37. The van der Waals surface area contributed by atoms with Crippen molar-refractivity contribution >= 4 is 8.32 Å². The van der Waals surface area contributed by atoms with E-state index in [-0.39, 0.29) is 5.04 Å².